The van der Waals surface area contributed by atoms with Gasteiger partial charge in [0.2, 0.25) is 15.9 Å². The largest absolute Gasteiger partial charge is 0.300 e. The van der Waals surface area contributed by atoms with Crippen LogP contribution in [0.3, 0.4) is 0 Å². The Morgan fingerprint density at radius 2 is 1.41 bits per heavy atom. The van der Waals surface area contributed by atoms with Gasteiger partial charge in [-0.3, -0.25) is 9.52 Å². The van der Waals surface area contributed by atoms with Crippen LogP contribution in [-0.2, 0) is 26.0 Å². The van der Waals surface area contributed by atoms with Gasteiger partial charge >= 0.3 is 0 Å². The predicted octanol–water partition coefficient (Wildman–Crippen LogP) is 3.44. The van der Waals surface area contributed by atoms with E-state index < -0.39 is 26.8 Å². The van der Waals surface area contributed by atoms with Gasteiger partial charge in [0, 0.05) is 19.3 Å². The Hall–Kier alpha value is -1.84. The molecule has 9 nitrogen and oxygen atoms in total. The monoisotopic (exact) mass is 471 g/mol. The topological polar surface area (TPSA) is 135 Å². The Labute approximate surface area is 193 Å². The highest BCUT2D eigenvalue weighted by molar-refractivity contribution is 7.90. The maximum Gasteiger partial charge on any atom is 0.235 e. The molecule has 0 unspecified atom stereocenters. The summed E-state index contributed by atoms with van der Waals surface area (Å²) >= 11 is 0. The molecule has 2 N–H and O–H groups in total. The number of aromatic nitrogens is 4. The van der Waals surface area contributed by atoms with E-state index in [1.165, 1.54) is 6.92 Å². The number of H-pyrrole nitrogens is 1. The van der Waals surface area contributed by atoms with Crippen LogP contribution in [0.4, 0.5) is 0 Å². The van der Waals surface area contributed by atoms with Crippen LogP contribution >= 0.6 is 0 Å². The van der Waals surface area contributed by atoms with E-state index in [0.717, 1.165) is 0 Å². The minimum atomic E-state index is -3.81. The summed E-state index contributed by atoms with van der Waals surface area (Å²) < 4.78 is 27.7. The van der Waals surface area contributed by atoms with Crippen LogP contribution in [0.2, 0.25) is 0 Å². The van der Waals surface area contributed by atoms with Gasteiger partial charge in [0.25, 0.3) is 0 Å². The first kappa shape index (κ1) is 28.2. The van der Waals surface area contributed by atoms with Gasteiger partial charge in [-0.25, -0.2) is 8.42 Å². The van der Waals surface area contributed by atoms with Crippen molar-refractivity contribution in [3.05, 3.63) is 5.82 Å². The van der Waals surface area contributed by atoms with E-state index in [1.54, 1.807) is 0 Å². The van der Waals surface area contributed by atoms with Crippen LogP contribution in [0.15, 0.2) is 0 Å². The number of rotatable bonds is 13. The Morgan fingerprint density at radius 3 is 1.91 bits per heavy atom. The predicted molar refractivity (Wildman–Crippen MR) is 124 cm³/mol. The lowest BCUT2D eigenvalue weighted by atomic mass is 9.71. The lowest BCUT2D eigenvalue weighted by Gasteiger charge is -2.35. The maximum absolute atomic E-state index is 12.7. The van der Waals surface area contributed by atoms with E-state index >= 15 is 0 Å². The number of tetrazole rings is 1. The SMILES string of the molecule is CC(=O)CC(C)(C)CC(C)(C)CS(=O)(=O)NC(=O)CC(C)(C)CC(C)(C)Cc1nn[nH]n1. The lowest BCUT2D eigenvalue weighted by Crippen LogP contribution is -2.41. The number of ketones is 1. The van der Waals surface area contributed by atoms with Gasteiger partial charge in [0.15, 0.2) is 5.82 Å². The van der Waals surface area contributed by atoms with Crippen molar-refractivity contribution < 1.29 is 18.0 Å². The number of sulfonamides is 1. The zero-order valence-electron chi connectivity index (χ0n) is 21.1. The number of nitrogens with one attached hydrogen (secondary N) is 2. The van der Waals surface area contributed by atoms with Gasteiger partial charge < -0.3 is 4.79 Å². The van der Waals surface area contributed by atoms with Crippen LogP contribution in [0, 0.1) is 21.7 Å². The molecule has 0 radical (unpaired) electrons. The first-order chi connectivity index (χ1) is 14.2. The van der Waals surface area contributed by atoms with Crippen molar-refractivity contribution in [3.8, 4) is 0 Å². The first-order valence-corrected chi connectivity index (χ1v) is 12.6. The minimum absolute atomic E-state index is 0.0754. The zero-order valence-corrected chi connectivity index (χ0v) is 21.9. The lowest BCUT2D eigenvalue weighted by molar-refractivity contribution is -0.121. The molecule has 1 amide bonds. The number of carbonyl (C=O) groups is 2. The Morgan fingerprint density at radius 1 is 0.875 bits per heavy atom. The summed E-state index contributed by atoms with van der Waals surface area (Å²) in [7, 11) is -3.81. The third kappa shape index (κ3) is 11.2. The minimum Gasteiger partial charge on any atom is -0.300 e. The summed E-state index contributed by atoms with van der Waals surface area (Å²) in [5.74, 6) is -0.0139. The van der Waals surface area contributed by atoms with Gasteiger partial charge in [0.05, 0.1) is 5.75 Å². The molecule has 1 rings (SSSR count). The molecule has 0 aliphatic carbocycles. The molecule has 0 spiro atoms. The average Bonchev–Trinajstić information content (AvgIpc) is 2.90. The van der Waals surface area contributed by atoms with Gasteiger partial charge in [-0.15, -0.1) is 10.2 Å². The summed E-state index contributed by atoms with van der Waals surface area (Å²) in [5, 5.41) is 14.0. The highest BCUT2D eigenvalue weighted by Gasteiger charge is 2.36. The van der Waals surface area contributed by atoms with Crippen LogP contribution in [0.5, 0.6) is 0 Å². The second-order valence-electron chi connectivity index (χ2n) is 12.4. The molecule has 184 valence electrons. The molecule has 10 heteroatoms. The summed E-state index contributed by atoms with van der Waals surface area (Å²) in [5.41, 5.74) is -1.53. The zero-order chi connectivity index (χ0) is 25.0. The van der Waals surface area contributed by atoms with Crippen LogP contribution in [-0.4, -0.2) is 46.5 Å². The van der Waals surface area contributed by atoms with E-state index in [-0.39, 0.29) is 28.8 Å². The molecule has 1 heterocycles. The van der Waals surface area contributed by atoms with Gasteiger partial charge in [-0.2, -0.15) is 5.21 Å². The molecule has 0 fully saturated rings. The molecule has 1 aromatic heterocycles. The Balaban J connectivity index is 2.71. The molecule has 32 heavy (non-hydrogen) atoms. The van der Waals surface area contributed by atoms with Crippen molar-refractivity contribution in [1.29, 1.82) is 0 Å². The highest BCUT2D eigenvalue weighted by Crippen LogP contribution is 2.39. The molecule has 0 aromatic carbocycles. The number of carbonyl (C=O) groups excluding carboxylic acids is 2. The fourth-order valence-electron chi connectivity index (χ4n) is 5.38. The number of hydrogen-bond acceptors (Lipinski definition) is 7. The summed E-state index contributed by atoms with van der Waals surface area (Å²) in [4.78, 5) is 24.1. The van der Waals surface area contributed by atoms with Crippen molar-refractivity contribution in [2.75, 3.05) is 5.75 Å². The van der Waals surface area contributed by atoms with Crippen LogP contribution in [0.1, 0.15) is 93.8 Å². The first-order valence-electron chi connectivity index (χ1n) is 11.0. The Kier molecular flexibility index (Phi) is 8.78. The van der Waals surface area contributed by atoms with Crippen molar-refractivity contribution in [2.45, 2.75) is 94.4 Å². The van der Waals surface area contributed by atoms with E-state index in [2.05, 4.69) is 39.2 Å². The summed E-state index contributed by atoms with van der Waals surface area (Å²) in [6.45, 7) is 17.2. The van der Waals surface area contributed by atoms with Gasteiger partial charge in [-0.05, 0) is 41.4 Å². The third-order valence-corrected chi connectivity index (χ3v) is 6.86. The number of Topliss-reactive ketones (excluding diaryl/α,β-unsaturated/α-hetero) is 1. The molecule has 1 aromatic rings. The fraction of sp³-hybridized carbons (Fsp3) is 0.864. The molecule has 0 atom stereocenters. The summed E-state index contributed by atoms with van der Waals surface area (Å²) in [6, 6.07) is 0. The van der Waals surface area contributed by atoms with E-state index in [9.17, 15) is 18.0 Å². The second kappa shape index (κ2) is 9.97. The van der Waals surface area contributed by atoms with Crippen LogP contribution < -0.4 is 4.72 Å². The van der Waals surface area contributed by atoms with E-state index in [0.29, 0.717) is 31.5 Å². The molecule has 0 aliphatic rings. The van der Waals surface area contributed by atoms with E-state index in [1.807, 2.05) is 41.5 Å². The van der Waals surface area contributed by atoms with Crippen molar-refractivity contribution in [2.24, 2.45) is 21.7 Å². The second-order valence-corrected chi connectivity index (χ2v) is 14.1. The highest BCUT2D eigenvalue weighted by atomic mass is 32.2. The molecule has 0 bridgehead atoms. The summed E-state index contributed by atoms with van der Waals surface area (Å²) in [6.07, 6.45) is 2.28. The van der Waals surface area contributed by atoms with Gasteiger partial charge in [-0.1, -0.05) is 60.6 Å². The van der Waals surface area contributed by atoms with E-state index in [4.69, 9.17) is 0 Å². The molecule has 0 saturated heterocycles. The smallest absolute Gasteiger partial charge is 0.235 e. The molecular formula is C22H41N5O4S. The quantitative estimate of drug-likeness (QED) is 0.450. The number of nitrogens with zero attached hydrogens (tertiary/aromatic N) is 3. The van der Waals surface area contributed by atoms with Crippen molar-refractivity contribution in [1.82, 2.24) is 25.3 Å². The van der Waals surface area contributed by atoms with Crippen molar-refractivity contribution >= 4 is 21.7 Å². The Bertz CT molecular complexity index is 887. The van der Waals surface area contributed by atoms with Crippen LogP contribution in [0.25, 0.3) is 0 Å². The molecule has 0 saturated carbocycles. The standard InChI is InChI=1S/C22H41N5O4S/c1-16(28)10-19(2,3)14-22(8,9)15-32(30,31)25-18(29)12-21(6,7)13-20(4,5)11-17-23-26-27-24-17/h10-15H2,1-9H3,(H,25,29)(H,23,24,26,27). The van der Waals surface area contributed by atoms with Crippen molar-refractivity contribution in [3.63, 3.8) is 0 Å². The van der Waals surface area contributed by atoms with Gasteiger partial charge in [0.1, 0.15) is 5.78 Å². The average molecular weight is 472 g/mol. The normalized spacial score (nSPS) is 13.8. The third-order valence-electron chi connectivity index (χ3n) is 5.16. The molecule has 0 aliphatic heterocycles. The number of hydrogen-bond donors (Lipinski definition) is 2. The fourth-order valence-corrected chi connectivity index (χ4v) is 7.01. The molecular weight excluding hydrogens is 430 g/mol. The number of aromatic amines is 1. The maximum atomic E-state index is 12.7. The number of amides is 1.